The highest BCUT2D eigenvalue weighted by molar-refractivity contribution is 6.30. The number of rotatable bonds is 5. The van der Waals surface area contributed by atoms with Gasteiger partial charge in [-0.25, -0.2) is 4.98 Å². The highest BCUT2D eigenvalue weighted by Gasteiger charge is 2.33. The molecule has 0 saturated carbocycles. The smallest absolute Gasteiger partial charge is 0.237 e. The highest BCUT2D eigenvalue weighted by atomic mass is 35.5. The Labute approximate surface area is 147 Å². The lowest BCUT2D eigenvalue weighted by Crippen LogP contribution is -2.37. The number of amides is 1. The zero-order valence-electron chi connectivity index (χ0n) is 14.0. The van der Waals surface area contributed by atoms with Crippen molar-refractivity contribution in [3.8, 4) is 0 Å². The summed E-state index contributed by atoms with van der Waals surface area (Å²) in [5.74, 6) is 1.57. The minimum atomic E-state index is -0.0450. The van der Waals surface area contributed by atoms with Gasteiger partial charge in [0.1, 0.15) is 11.8 Å². The summed E-state index contributed by atoms with van der Waals surface area (Å²) in [6.07, 6.45) is 4.32. The number of carbonyl (C=O) groups excluding carboxylic acids is 1. The van der Waals surface area contributed by atoms with Gasteiger partial charge in [0.2, 0.25) is 11.8 Å². The second kappa shape index (κ2) is 7.36. The Morgan fingerprint density at radius 3 is 2.83 bits per heavy atom. The van der Waals surface area contributed by atoms with E-state index in [9.17, 15) is 4.79 Å². The first kappa shape index (κ1) is 17.0. The molecule has 5 nitrogen and oxygen atoms in total. The summed E-state index contributed by atoms with van der Waals surface area (Å²) in [6.45, 7) is 1.18. The molecule has 1 aromatic heterocycles. The average Bonchev–Trinajstić information content (AvgIpc) is 3.17. The molecule has 0 spiro atoms. The topological polar surface area (TPSA) is 49.6 Å². The zero-order valence-corrected chi connectivity index (χ0v) is 14.8. The van der Waals surface area contributed by atoms with Gasteiger partial charge in [-0.1, -0.05) is 23.7 Å². The van der Waals surface area contributed by atoms with Crippen LogP contribution >= 0.6 is 11.6 Å². The predicted molar refractivity (Wildman–Crippen MR) is 93.0 cm³/mol. The number of likely N-dealkylation sites (N-methyl/N-ethyl adjacent to an activating group) is 1. The second-order valence-corrected chi connectivity index (χ2v) is 6.89. The molecule has 0 unspecified atom stereocenters. The van der Waals surface area contributed by atoms with Crippen LogP contribution in [0.1, 0.15) is 36.1 Å². The minimum Gasteiger partial charge on any atom is -0.443 e. The molecule has 1 fully saturated rings. The summed E-state index contributed by atoms with van der Waals surface area (Å²) in [6, 6.07) is 7.65. The van der Waals surface area contributed by atoms with Gasteiger partial charge in [0.25, 0.3) is 0 Å². The molecule has 128 valence electrons. The Kier molecular flexibility index (Phi) is 5.21. The first-order valence-electron chi connectivity index (χ1n) is 8.16. The van der Waals surface area contributed by atoms with E-state index < -0.39 is 0 Å². The lowest BCUT2D eigenvalue weighted by molar-refractivity contribution is -0.133. The lowest BCUT2D eigenvalue weighted by Gasteiger charge is -2.23. The Morgan fingerprint density at radius 1 is 1.38 bits per heavy atom. The van der Waals surface area contributed by atoms with E-state index in [0.717, 1.165) is 35.7 Å². The number of hydrogen-bond donors (Lipinski definition) is 0. The number of aromatic nitrogens is 1. The molecule has 1 atom stereocenters. The molecular weight excluding hydrogens is 326 g/mol. The van der Waals surface area contributed by atoms with Crippen LogP contribution in [0.15, 0.2) is 34.9 Å². The van der Waals surface area contributed by atoms with Crippen molar-refractivity contribution in [1.29, 1.82) is 0 Å². The van der Waals surface area contributed by atoms with Gasteiger partial charge >= 0.3 is 0 Å². The van der Waals surface area contributed by atoms with Crippen molar-refractivity contribution >= 4 is 17.5 Å². The Balaban J connectivity index is 1.70. The molecule has 1 amide bonds. The van der Waals surface area contributed by atoms with Crippen LogP contribution in [0.25, 0.3) is 0 Å². The van der Waals surface area contributed by atoms with Crippen LogP contribution in [0.2, 0.25) is 5.02 Å². The molecule has 0 N–H and O–H groups in total. The van der Waals surface area contributed by atoms with Gasteiger partial charge in [-0.15, -0.1) is 0 Å². The molecule has 24 heavy (non-hydrogen) atoms. The van der Waals surface area contributed by atoms with E-state index in [-0.39, 0.29) is 11.9 Å². The summed E-state index contributed by atoms with van der Waals surface area (Å²) in [5, 5.41) is 0.720. The summed E-state index contributed by atoms with van der Waals surface area (Å²) in [7, 11) is 3.80. The SMILES string of the molecule is CN(C)CC(=O)N1CCC[C@H]1c1ncc(Cc2ccc(Cl)cc2)o1. The zero-order chi connectivity index (χ0) is 17.1. The first-order chi connectivity index (χ1) is 11.5. The number of nitrogens with zero attached hydrogens (tertiary/aromatic N) is 3. The lowest BCUT2D eigenvalue weighted by atomic mass is 10.1. The third-order valence-corrected chi connectivity index (χ3v) is 4.42. The van der Waals surface area contributed by atoms with Crippen LogP contribution in [-0.4, -0.2) is 47.9 Å². The van der Waals surface area contributed by atoms with Crippen LogP contribution in [0.4, 0.5) is 0 Å². The van der Waals surface area contributed by atoms with E-state index in [1.807, 2.05) is 48.2 Å². The fourth-order valence-electron chi connectivity index (χ4n) is 3.05. The van der Waals surface area contributed by atoms with Crippen molar-refractivity contribution in [2.45, 2.75) is 25.3 Å². The molecule has 3 rings (SSSR count). The molecular formula is C18H22ClN3O2. The van der Waals surface area contributed by atoms with E-state index in [0.29, 0.717) is 18.9 Å². The summed E-state index contributed by atoms with van der Waals surface area (Å²) in [4.78, 5) is 20.6. The third-order valence-electron chi connectivity index (χ3n) is 4.17. The molecule has 0 radical (unpaired) electrons. The third kappa shape index (κ3) is 3.97. The number of oxazole rings is 1. The fourth-order valence-corrected chi connectivity index (χ4v) is 3.17. The molecule has 1 saturated heterocycles. The van der Waals surface area contributed by atoms with E-state index in [1.165, 1.54) is 0 Å². The average molecular weight is 348 g/mol. The second-order valence-electron chi connectivity index (χ2n) is 6.45. The number of halogens is 1. The van der Waals surface area contributed by atoms with Crippen molar-refractivity contribution in [2.24, 2.45) is 0 Å². The quantitative estimate of drug-likeness (QED) is 0.833. The van der Waals surface area contributed by atoms with Crippen LogP contribution < -0.4 is 0 Å². The fraction of sp³-hybridized carbons (Fsp3) is 0.444. The van der Waals surface area contributed by atoms with Crippen molar-refractivity contribution in [3.05, 3.63) is 52.7 Å². The molecule has 1 aromatic carbocycles. The number of hydrogen-bond acceptors (Lipinski definition) is 4. The monoisotopic (exact) mass is 347 g/mol. The molecule has 1 aliphatic heterocycles. The molecule has 0 bridgehead atoms. The number of benzene rings is 1. The van der Waals surface area contributed by atoms with E-state index in [4.69, 9.17) is 16.0 Å². The minimum absolute atomic E-state index is 0.0450. The van der Waals surface area contributed by atoms with Crippen molar-refractivity contribution < 1.29 is 9.21 Å². The number of carbonyl (C=O) groups is 1. The van der Waals surface area contributed by atoms with Gasteiger partial charge in [0.15, 0.2) is 0 Å². The van der Waals surface area contributed by atoms with Gasteiger partial charge in [0.05, 0.1) is 12.7 Å². The van der Waals surface area contributed by atoms with E-state index in [1.54, 1.807) is 6.20 Å². The maximum Gasteiger partial charge on any atom is 0.237 e. The van der Waals surface area contributed by atoms with Crippen LogP contribution in [0.3, 0.4) is 0 Å². The molecule has 2 heterocycles. The van der Waals surface area contributed by atoms with Crippen LogP contribution in [0, 0.1) is 0 Å². The largest absolute Gasteiger partial charge is 0.443 e. The summed E-state index contributed by atoms with van der Waals surface area (Å²) in [5.41, 5.74) is 1.12. The van der Waals surface area contributed by atoms with E-state index in [2.05, 4.69) is 4.98 Å². The Morgan fingerprint density at radius 2 is 2.12 bits per heavy atom. The standard InChI is InChI=1S/C18H22ClN3O2/c1-21(2)12-17(23)22-9-3-4-16(22)18-20-11-15(24-18)10-13-5-7-14(19)8-6-13/h5-8,11,16H,3-4,9-10,12H2,1-2H3/t16-/m0/s1. The van der Waals surface area contributed by atoms with E-state index >= 15 is 0 Å². The maximum absolute atomic E-state index is 12.4. The highest BCUT2D eigenvalue weighted by Crippen LogP contribution is 2.32. The molecule has 6 heteroatoms. The van der Waals surface area contributed by atoms with Gasteiger partial charge in [-0.05, 0) is 44.6 Å². The Bertz CT molecular complexity index is 697. The summed E-state index contributed by atoms with van der Waals surface area (Å²) >= 11 is 5.91. The van der Waals surface area contributed by atoms with Crippen molar-refractivity contribution in [2.75, 3.05) is 27.2 Å². The normalized spacial score (nSPS) is 17.7. The van der Waals surface area contributed by atoms with Gasteiger partial charge < -0.3 is 14.2 Å². The van der Waals surface area contributed by atoms with Crippen LogP contribution in [-0.2, 0) is 11.2 Å². The molecule has 1 aliphatic rings. The van der Waals surface area contributed by atoms with Crippen LogP contribution in [0.5, 0.6) is 0 Å². The predicted octanol–water partition coefficient (Wildman–Crippen LogP) is 3.14. The van der Waals surface area contributed by atoms with Gasteiger partial charge in [0, 0.05) is 18.0 Å². The Hall–Kier alpha value is -1.85. The van der Waals surface area contributed by atoms with Crippen molar-refractivity contribution in [3.63, 3.8) is 0 Å². The maximum atomic E-state index is 12.4. The van der Waals surface area contributed by atoms with Gasteiger partial charge in [-0.2, -0.15) is 0 Å². The number of likely N-dealkylation sites (tertiary alicyclic amines) is 1. The van der Waals surface area contributed by atoms with Gasteiger partial charge in [-0.3, -0.25) is 4.79 Å². The molecule has 0 aliphatic carbocycles. The van der Waals surface area contributed by atoms with Crippen molar-refractivity contribution in [1.82, 2.24) is 14.8 Å². The molecule has 2 aromatic rings. The summed E-state index contributed by atoms with van der Waals surface area (Å²) < 4.78 is 5.94. The first-order valence-corrected chi connectivity index (χ1v) is 8.54.